The number of amides is 1. The molecule has 3 rings (SSSR count). The molecule has 166 valence electrons. The monoisotopic (exact) mass is 430 g/mol. The second-order valence-electron chi connectivity index (χ2n) is 9.01. The van der Waals surface area contributed by atoms with Crippen molar-refractivity contribution in [3.8, 4) is 11.3 Å². The molecule has 1 saturated heterocycles. The minimum atomic E-state index is -0.649. The van der Waals surface area contributed by atoms with Crippen molar-refractivity contribution in [1.82, 2.24) is 9.88 Å². The van der Waals surface area contributed by atoms with Crippen LogP contribution in [0, 0.1) is 5.82 Å². The van der Waals surface area contributed by atoms with Gasteiger partial charge in [-0.15, -0.1) is 0 Å². The van der Waals surface area contributed by atoms with Gasteiger partial charge in [-0.3, -0.25) is 14.4 Å². The summed E-state index contributed by atoms with van der Waals surface area (Å²) >= 11 is 0. The van der Waals surface area contributed by atoms with Crippen molar-refractivity contribution in [3.63, 3.8) is 0 Å². The van der Waals surface area contributed by atoms with Crippen molar-refractivity contribution < 1.29 is 27.9 Å². The first-order valence-electron chi connectivity index (χ1n) is 10.2. The van der Waals surface area contributed by atoms with E-state index in [1.807, 2.05) is 27.7 Å². The quantitative estimate of drug-likeness (QED) is 0.649. The number of rotatable bonds is 6. The van der Waals surface area contributed by atoms with Crippen molar-refractivity contribution in [2.75, 3.05) is 6.61 Å². The Morgan fingerprint density at radius 3 is 2.45 bits per heavy atom. The van der Waals surface area contributed by atoms with Gasteiger partial charge < -0.3 is 14.1 Å². The number of Topliss-reactive ketones (excluding diaryl/α,β-unsaturated/α-hetero) is 1. The van der Waals surface area contributed by atoms with E-state index in [1.54, 1.807) is 23.1 Å². The average molecular weight is 430 g/mol. The Hall–Kier alpha value is -3.03. The van der Waals surface area contributed by atoms with E-state index in [1.165, 1.54) is 12.3 Å². The van der Waals surface area contributed by atoms with Crippen LogP contribution < -0.4 is 0 Å². The predicted molar refractivity (Wildman–Crippen MR) is 110 cm³/mol. The fourth-order valence-corrected chi connectivity index (χ4v) is 4.38. The number of benzene rings is 1. The molecule has 31 heavy (non-hydrogen) atoms. The van der Waals surface area contributed by atoms with Crippen LogP contribution in [0.1, 0.15) is 52.8 Å². The van der Waals surface area contributed by atoms with Crippen LogP contribution in [0.15, 0.2) is 34.9 Å². The summed E-state index contributed by atoms with van der Waals surface area (Å²) in [7, 11) is 0. The Balaban J connectivity index is 1.53. The number of nitrogens with zero attached hydrogens (tertiary/aromatic N) is 2. The number of ketones is 1. The molecule has 0 radical (unpaired) electrons. The number of oxazole rings is 1. The van der Waals surface area contributed by atoms with Gasteiger partial charge in [-0.25, -0.2) is 9.37 Å². The molecule has 0 atom stereocenters. The number of hydrogen-bond donors (Lipinski definition) is 0. The van der Waals surface area contributed by atoms with Crippen LogP contribution in [0.4, 0.5) is 4.39 Å². The molecule has 2 heterocycles. The maximum Gasteiger partial charge on any atom is 0.306 e. The van der Waals surface area contributed by atoms with Crippen molar-refractivity contribution in [3.05, 3.63) is 42.2 Å². The van der Waals surface area contributed by atoms with Crippen molar-refractivity contribution in [2.45, 2.75) is 64.5 Å². The Morgan fingerprint density at radius 1 is 1.16 bits per heavy atom. The molecule has 0 unspecified atom stereocenters. The number of hydrogen-bond acceptors (Lipinski definition) is 6. The molecule has 0 saturated carbocycles. The highest BCUT2D eigenvalue weighted by Crippen LogP contribution is 2.36. The number of likely N-dealkylation sites (tertiary alicyclic amines) is 1. The molecular formula is C23H27FN2O5. The summed E-state index contributed by atoms with van der Waals surface area (Å²) in [6.45, 7) is 6.94. The maximum absolute atomic E-state index is 13.8. The van der Waals surface area contributed by atoms with Gasteiger partial charge in [0.2, 0.25) is 0 Å². The highest BCUT2D eigenvalue weighted by atomic mass is 19.1. The number of piperidine rings is 1. The molecule has 0 bridgehead atoms. The lowest BCUT2D eigenvalue weighted by atomic mass is 9.79. The second-order valence-corrected chi connectivity index (χ2v) is 9.01. The fourth-order valence-electron chi connectivity index (χ4n) is 4.38. The standard InChI is InChI=1S/C23H27FN2O5/c1-22(2)11-15(27)12-23(3,4)26(22)20(28)14-30-21(29)10-9-19-25-13-18(31-19)16-7-5-6-8-17(16)24/h5-8,13H,9-12,14H2,1-4H3. The van der Waals surface area contributed by atoms with E-state index in [0.29, 0.717) is 5.56 Å². The number of halogens is 1. The molecule has 2 aromatic rings. The van der Waals surface area contributed by atoms with Crippen LogP contribution in [0.3, 0.4) is 0 Å². The summed E-state index contributed by atoms with van der Waals surface area (Å²) in [4.78, 5) is 42.6. The molecule has 7 nitrogen and oxygen atoms in total. The minimum Gasteiger partial charge on any atom is -0.456 e. The zero-order chi connectivity index (χ0) is 22.8. The largest absolute Gasteiger partial charge is 0.456 e. The lowest BCUT2D eigenvalue weighted by molar-refractivity contribution is -0.163. The summed E-state index contributed by atoms with van der Waals surface area (Å²) in [6.07, 6.45) is 2.08. The molecule has 8 heteroatoms. The summed E-state index contributed by atoms with van der Waals surface area (Å²) < 4.78 is 24.5. The Bertz CT molecular complexity index is 975. The number of aryl methyl sites for hydroxylation is 1. The van der Waals surface area contributed by atoms with Gasteiger partial charge in [0, 0.05) is 30.3 Å². The van der Waals surface area contributed by atoms with E-state index in [-0.39, 0.29) is 49.0 Å². The first kappa shape index (κ1) is 22.7. The van der Waals surface area contributed by atoms with Crippen LogP contribution in [0.25, 0.3) is 11.3 Å². The van der Waals surface area contributed by atoms with E-state index in [0.717, 1.165) is 0 Å². The molecule has 1 aliphatic heterocycles. The molecular weight excluding hydrogens is 403 g/mol. The number of ether oxygens (including phenoxy) is 1. The van der Waals surface area contributed by atoms with Crippen LogP contribution >= 0.6 is 0 Å². The van der Waals surface area contributed by atoms with Gasteiger partial charge in [-0.05, 0) is 39.8 Å². The Labute approximate surface area is 180 Å². The molecule has 1 fully saturated rings. The van der Waals surface area contributed by atoms with Gasteiger partial charge >= 0.3 is 5.97 Å². The molecule has 0 N–H and O–H groups in total. The normalized spacial score (nSPS) is 17.5. The zero-order valence-corrected chi connectivity index (χ0v) is 18.2. The van der Waals surface area contributed by atoms with Crippen LogP contribution in [-0.4, -0.2) is 45.2 Å². The smallest absolute Gasteiger partial charge is 0.306 e. The molecule has 1 amide bonds. The maximum atomic E-state index is 13.8. The number of carbonyl (C=O) groups excluding carboxylic acids is 3. The molecule has 1 aromatic heterocycles. The highest BCUT2D eigenvalue weighted by Gasteiger charge is 2.47. The van der Waals surface area contributed by atoms with Gasteiger partial charge in [0.05, 0.1) is 18.2 Å². The van der Waals surface area contributed by atoms with E-state index < -0.39 is 29.5 Å². The lowest BCUT2D eigenvalue weighted by Crippen LogP contribution is -2.63. The van der Waals surface area contributed by atoms with E-state index in [9.17, 15) is 18.8 Å². The van der Waals surface area contributed by atoms with E-state index >= 15 is 0 Å². The van der Waals surface area contributed by atoms with Gasteiger partial charge in [0.1, 0.15) is 11.6 Å². The Kier molecular flexibility index (Phi) is 6.29. The van der Waals surface area contributed by atoms with E-state index in [2.05, 4.69) is 4.98 Å². The molecule has 0 spiro atoms. The second kappa shape index (κ2) is 8.61. The fraction of sp³-hybridized carbons (Fsp3) is 0.478. The van der Waals surface area contributed by atoms with Crippen LogP contribution in [0.2, 0.25) is 0 Å². The molecule has 1 aliphatic rings. The lowest BCUT2D eigenvalue weighted by Gasteiger charge is -2.51. The van der Waals surface area contributed by atoms with Crippen molar-refractivity contribution in [2.24, 2.45) is 0 Å². The molecule has 0 aliphatic carbocycles. The third kappa shape index (κ3) is 5.18. The summed E-state index contributed by atoms with van der Waals surface area (Å²) in [6, 6.07) is 6.18. The first-order valence-corrected chi connectivity index (χ1v) is 10.2. The topological polar surface area (TPSA) is 89.7 Å². The third-order valence-corrected chi connectivity index (χ3v) is 5.31. The summed E-state index contributed by atoms with van der Waals surface area (Å²) in [5.74, 6) is -0.666. The third-order valence-electron chi connectivity index (χ3n) is 5.31. The van der Waals surface area contributed by atoms with Crippen molar-refractivity contribution >= 4 is 17.7 Å². The number of esters is 1. The van der Waals surface area contributed by atoms with Crippen LogP contribution in [-0.2, 0) is 25.5 Å². The minimum absolute atomic E-state index is 0.0320. The SMILES string of the molecule is CC1(C)CC(=O)CC(C)(C)N1C(=O)COC(=O)CCc1ncc(-c2ccccc2F)o1. The van der Waals surface area contributed by atoms with Gasteiger partial charge in [-0.1, -0.05) is 12.1 Å². The van der Waals surface area contributed by atoms with Crippen LogP contribution in [0.5, 0.6) is 0 Å². The summed E-state index contributed by atoms with van der Waals surface area (Å²) in [5.41, 5.74) is -1.01. The predicted octanol–water partition coefficient (Wildman–Crippen LogP) is 3.71. The molecule has 1 aromatic carbocycles. The summed E-state index contributed by atoms with van der Waals surface area (Å²) in [5, 5.41) is 0. The van der Waals surface area contributed by atoms with Crippen molar-refractivity contribution in [1.29, 1.82) is 0 Å². The highest BCUT2D eigenvalue weighted by molar-refractivity contribution is 5.88. The van der Waals surface area contributed by atoms with E-state index in [4.69, 9.17) is 9.15 Å². The van der Waals surface area contributed by atoms with Gasteiger partial charge in [-0.2, -0.15) is 0 Å². The zero-order valence-electron chi connectivity index (χ0n) is 18.2. The van der Waals surface area contributed by atoms with Gasteiger partial charge in [0.25, 0.3) is 5.91 Å². The number of carbonyl (C=O) groups is 3. The van der Waals surface area contributed by atoms with Gasteiger partial charge in [0.15, 0.2) is 18.3 Å². The average Bonchev–Trinajstić information content (AvgIpc) is 3.11. The Morgan fingerprint density at radius 2 is 1.81 bits per heavy atom. The number of aromatic nitrogens is 1. The first-order chi connectivity index (χ1) is 14.5.